The third-order valence-electron chi connectivity index (χ3n) is 4.81. The first-order chi connectivity index (χ1) is 16.2. The number of carbonyl (C=O) groups is 4. The predicted octanol–water partition coefficient (Wildman–Crippen LogP) is 2.09. The summed E-state index contributed by atoms with van der Waals surface area (Å²) < 4.78 is 15.8. The number of aliphatic carboxylic acids is 1. The van der Waals surface area contributed by atoms with Crippen LogP contribution in [0, 0.1) is 0 Å². The molecule has 178 valence electrons. The minimum Gasteiger partial charge on any atom is -0.497 e. The van der Waals surface area contributed by atoms with E-state index in [4.69, 9.17) is 19.3 Å². The van der Waals surface area contributed by atoms with Crippen LogP contribution in [0.5, 0.6) is 17.2 Å². The van der Waals surface area contributed by atoms with Crippen LogP contribution in [0.15, 0.2) is 48.2 Å². The number of imide groups is 1. The maximum absolute atomic E-state index is 12.8. The van der Waals surface area contributed by atoms with Gasteiger partial charge in [0.2, 0.25) is 5.91 Å². The summed E-state index contributed by atoms with van der Waals surface area (Å²) in [7, 11) is 2.90. The number of hydrogen-bond acceptors (Lipinski definition) is 7. The monoisotopic (exact) mass is 469 g/mol. The molecule has 0 unspecified atom stereocenters. The lowest BCUT2D eigenvalue weighted by Crippen LogP contribution is -2.38. The Balaban J connectivity index is 1.78. The maximum atomic E-state index is 12.8. The molecule has 1 aliphatic rings. The van der Waals surface area contributed by atoms with Crippen LogP contribution >= 0.6 is 0 Å². The molecule has 0 saturated carbocycles. The molecule has 3 rings (SSSR count). The molecule has 0 radical (unpaired) electrons. The van der Waals surface area contributed by atoms with E-state index in [1.54, 1.807) is 42.5 Å². The van der Waals surface area contributed by atoms with Crippen molar-refractivity contribution in [2.75, 3.05) is 26.1 Å². The minimum absolute atomic E-state index is 0.0881. The number of anilines is 1. The number of methoxy groups -OCH3 is 2. The molecule has 1 heterocycles. The second-order valence-electron chi connectivity index (χ2n) is 7.13. The molecule has 0 spiro atoms. The first-order valence-corrected chi connectivity index (χ1v) is 10.1. The fourth-order valence-corrected chi connectivity index (χ4v) is 3.05. The highest BCUT2D eigenvalue weighted by molar-refractivity contribution is 6.16. The molecule has 3 N–H and O–H groups in total. The molecule has 4 amide bonds. The lowest BCUT2D eigenvalue weighted by molar-refractivity contribution is -0.144. The number of carboxylic acids is 1. The average molecular weight is 469 g/mol. The molecular formula is C23H23N3O8. The van der Waals surface area contributed by atoms with Gasteiger partial charge in [-0.15, -0.1) is 0 Å². The number of nitrogens with one attached hydrogen (secondary N) is 2. The van der Waals surface area contributed by atoms with Crippen LogP contribution in [0.3, 0.4) is 0 Å². The van der Waals surface area contributed by atoms with Gasteiger partial charge in [0.1, 0.15) is 18.0 Å². The number of carboxylic acid groups (broad SMARTS) is 1. The Kier molecular flexibility index (Phi) is 7.36. The van der Waals surface area contributed by atoms with E-state index in [0.29, 0.717) is 17.0 Å². The van der Waals surface area contributed by atoms with Crippen molar-refractivity contribution in [3.05, 3.63) is 53.7 Å². The van der Waals surface area contributed by atoms with Gasteiger partial charge in [-0.25, -0.2) is 14.5 Å². The molecule has 0 aliphatic carbocycles. The van der Waals surface area contributed by atoms with Gasteiger partial charge in [-0.2, -0.15) is 0 Å². The van der Waals surface area contributed by atoms with Crippen LogP contribution in [0.25, 0.3) is 6.08 Å². The van der Waals surface area contributed by atoms with Gasteiger partial charge in [-0.05, 0) is 43.3 Å². The van der Waals surface area contributed by atoms with Gasteiger partial charge in [0, 0.05) is 11.3 Å². The summed E-state index contributed by atoms with van der Waals surface area (Å²) in [6.45, 7) is 0.836. The number of nitrogens with zero attached hydrogens (tertiary/aromatic N) is 1. The minimum atomic E-state index is -1.19. The predicted molar refractivity (Wildman–Crippen MR) is 121 cm³/mol. The molecular weight excluding hydrogens is 446 g/mol. The molecule has 1 aliphatic heterocycles. The summed E-state index contributed by atoms with van der Waals surface area (Å²) in [6, 6.07) is 10.5. The standard InChI is InChI=1S/C23H23N3O8/c1-13(22(29)30)34-20-14(5-4-6-18(20)33-3)11-17-21(28)26(23(31)25-17)12-19(27)24-15-7-9-16(32-2)10-8-15/h4-11,13H,12H2,1-3H3,(H,24,27)(H,25,31)(H,29,30)/b17-11-/t13-/m0/s1. The lowest BCUT2D eigenvalue weighted by atomic mass is 10.1. The number of amides is 4. The fraction of sp³-hybridized carbons (Fsp3) is 0.217. The van der Waals surface area contributed by atoms with E-state index in [-0.39, 0.29) is 17.2 Å². The fourth-order valence-electron chi connectivity index (χ4n) is 3.05. The van der Waals surface area contributed by atoms with Gasteiger partial charge in [-0.1, -0.05) is 12.1 Å². The summed E-state index contributed by atoms with van der Waals surface area (Å²) in [4.78, 5) is 49.5. The number of para-hydroxylation sites is 1. The molecule has 11 heteroatoms. The van der Waals surface area contributed by atoms with E-state index >= 15 is 0 Å². The van der Waals surface area contributed by atoms with Gasteiger partial charge >= 0.3 is 12.0 Å². The summed E-state index contributed by atoms with van der Waals surface area (Å²) in [5, 5.41) is 14.2. The zero-order chi connectivity index (χ0) is 24.8. The SMILES string of the molecule is COc1ccc(NC(=O)CN2C(=O)N/C(=C\c3cccc(OC)c3O[C@@H](C)C(=O)O)C2=O)cc1. The average Bonchev–Trinajstić information content (AvgIpc) is 3.07. The van der Waals surface area contributed by atoms with E-state index in [1.807, 2.05) is 0 Å². The van der Waals surface area contributed by atoms with Crippen LogP contribution in [0.4, 0.5) is 10.5 Å². The van der Waals surface area contributed by atoms with E-state index in [1.165, 1.54) is 27.2 Å². The third kappa shape index (κ3) is 5.44. The quantitative estimate of drug-likeness (QED) is 0.374. The second-order valence-corrected chi connectivity index (χ2v) is 7.13. The van der Waals surface area contributed by atoms with E-state index in [9.17, 15) is 19.2 Å². The van der Waals surface area contributed by atoms with Crippen molar-refractivity contribution in [1.82, 2.24) is 10.2 Å². The maximum Gasteiger partial charge on any atom is 0.344 e. The summed E-state index contributed by atoms with van der Waals surface area (Å²) >= 11 is 0. The van der Waals surface area contributed by atoms with E-state index < -0.39 is 36.5 Å². The molecule has 2 aromatic carbocycles. The smallest absolute Gasteiger partial charge is 0.344 e. The van der Waals surface area contributed by atoms with Gasteiger partial charge in [0.15, 0.2) is 17.6 Å². The number of benzene rings is 2. The molecule has 11 nitrogen and oxygen atoms in total. The molecule has 1 atom stereocenters. The van der Waals surface area contributed by atoms with Crippen LogP contribution in [0.2, 0.25) is 0 Å². The summed E-state index contributed by atoms with van der Waals surface area (Å²) in [5.41, 5.74) is 0.670. The molecule has 1 fully saturated rings. The zero-order valence-corrected chi connectivity index (χ0v) is 18.7. The van der Waals surface area contributed by atoms with Crippen molar-refractivity contribution in [2.45, 2.75) is 13.0 Å². The van der Waals surface area contributed by atoms with Gasteiger partial charge in [0.05, 0.1) is 14.2 Å². The molecule has 0 aromatic heterocycles. The van der Waals surface area contributed by atoms with Crippen molar-refractivity contribution in [3.8, 4) is 17.2 Å². The molecule has 34 heavy (non-hydrogen) atoms. The van der Waals surface area contributed by atoms with Gasteiger partial charge in [0.25, 0.3) is 5.91 Å². The van der Waals surface area contributed by atoms with Gasteiger partial charge < -0.3 is 30.0 Å². The largest absolute Gasteiger partial charge is 0.497 e. The Hall–Kier alpha value is -4.54. The molecule has 2 aromatic rings. The van der Waals surface area contributed by atoms with E-state index in [0.717, 1.165) is 4.90 Å². The molecule has 1 saturated heterocycles. The van der Waals surface area contributed by atoms with Crippen molar-refractivity contribution >= 4 is 35.6 Å². The second kappa shape index (κ2) is 10.4. The number of rotatable bonds is 9. The highest BCUT2D eigenvalue weighted by Gasteiger charge is 2.35. The topological polar surface area (TPSA) is 144 Å². The van der Waals surface area contributed by atoms with Crippen molar-refractivity contribution < 1.29 is 38.5 Å². The number of urea groups is 1. The zero-order valence-electron chi connectivity index (χ0n) is 18.7. The first kappa shape index (κ1) is 24.1. The van der Waals surface area contributed by atoms with E-state index in [2.05, 4.69) is 10.6 Å². The Bertz CT molecular complexity index is 1140. The molecule has 0 bridgehead atoms. The number of carbonyl (C=O) groups excluding carboxylic acids is 3. The Labute approximate surface area is 194 Å². The highest BCUT2D eigenvalue weighted by Crippen LogP contribution is 2.34. The Morgan fingerprint density at radius 3 is 2.44 bits per heavy atom. The highest BCUT2D eigenvalue weighted by atomic mass is 16.5. The first-order valence-electron chi connectivity index (χ1n) is 10.1. The Morgan fingerprint density at radius 1 is 1.12 bits per heavy atom. The number of hydrogen-bond donors (Lipinski definition) is 3. The van der Waals surface area contributed by atoms with Crippen molar-refractivity contribution in [1.29, 1.82) is 0 Å². The van der Waals surface area contributed by atoms with Crippen LogP contribution in [0.1, 0.15) is 12.5 Å². The third-order valence-corrected chi connectivity index (χ3v) is 4.81. The number of ether oxygens (including phenoxy) is 3. The van der Waals surface area contributed by atoms with Crippen molar-refractivity contribution in [2.24, 2.45) is 0 Å². The lowest BCUT2D eigenvalue weighted by Gasteiger charge is -2.16. The van der Waals surface area contributed by atoms with Crippen LogP contribution < -0.4 is 24.8 Å². The normalized spacial score (nSPS) is 15.0. The Morgan fingerprint density at radius 2 is 1.82 bits per heavy atom. The summed E-state index contributed by atoms with van der Waals surface area (Å²) in [6.07, 6.45) is 0.133. The van der Waals surface area contributed by atoms with Gasteiger partial charge in [-0.3, -0.25) is 9.59 Å². The van der Waals surface area contributed by atoms with Crippen molar-refractivity contribution in [3.63, 3.8) is 0 Å². The summed E-state index contributed by atoms with van der Waals surface area (Å²) in [5.74, 6) is -1.55. The van der Waals surface area contributed by atoms with Crippen LogP contribution in [-0.2, 0) is 14.4 Å². The van der Waals surface area contributed by atoms with Crippen LogP contribution in [-0.4, -0.2) is 60.7 Å².